The molecule has 0 saturated heterocycles. The summed E-state index contributed by atoms with van der Waals surface area (Å²) in [5.41, 5.74) is 21.8. The molecule has 2 nitrogen and oxygen atoms in total. The number of rotatable bonds is 11. The first-order valence-electron chi connectivity index (χ1n) is 18.1. The summed E-state index contributed by atoms with van der Waals surface area (Å²) in [7, 11) is 0. The number of nitrogens with zero attached hydrogens (tertiary/aromatic N) is 1. The van der Waals surface area contributed by atoms with Crippen LogP contribution in [-0.4, -0.2) is 4.57 Å². The monoisotopic (exact) mass is 684 g/mol. The molecule has 0 amide bonds. The molecule has 7 aromatic rings. The molecule has 2 N–H and O–H groups in total. The van der Waals surface area contributed by atoms with Gasteiger partial charge in [-0.3, -0.25) is 0 Å². The minimum Gasteiger partial charge on any atom is -0.405 e. The van der Waals surface area contributed by atoms with Crippen molar-refractivity contribution in [3.8, 4) is 39.2 Å². The number of hydrogen-bond donors (Lipinski definition) is 1. The quantitative estimate of drug-likeness (QED) is 0.135. The van der Waals surface area contributed by atoms with Crippen LogP contribution in [0.15, 0.2) is 183 Å². The van der Waals surface area contributed by atoms with Gasteiger partial charge in [0.1, 0.15) is 0 Å². The second kappa shape index (κ2) is 15.7. The van der Waals surface area contributed by atoms with Gasteiger partial charge in [0.05, 0.1) is 11.4 Å². The minimum atomic E-state index is 0.857. The van der Waals surface area contributed by atoms with Gasteiger partial charge < -0.3 is 10.3 Å². The van der Waals surface area contributed by atoms with Crippen LogP contribution in [0, 0.1) is 13.8 Å². The molecular weight excluding hydrogens is 641 g/mol. The highest BCUT2D eigenvalue weighted by atomic mass is 15.0. The molecule has 53 heavy (non-hydrogen) atoms. The van der Waals surface area contributed by atoms with E-state index < -0.39 is 0 Å². The Morgan fingerprint density at radius 3 is 1.98 bits per heavy atom. The fraction of sp³-hybridized carbons (Fsp3) is 0.0588. The van der Waals surface area contributed by atoms with Crippen molar-refractivity contribution in [2.45, 2.75) is 20.3 Å². The fourth-order valence-corrected chi connectivity index (χ4v) is 7.13. The third-order valence-corrected chi connectivity index (χ3v) is 10.1. The fourth-order valence-electron chi connectivity index (χ4n) is 7.13. The molecule has 0 unspecified atom stereocenters. The Balaban J connectivity index is 1.30. The smallest absolute Gasteiger partial charge is 0.0572 e. The summed E-state index contributed by atoms with van der Waals surface area (Å²) in [6, 6.07) is 50.0. The van der Waals surface area contributed by atoms with Crippen molar-refractivity contribution in [3.05, 3.63) is 217 Å². The van der Waals surface area contributed by atoms with Crippen molar-refractivity contribution >= 4 is 28.5 Å². The molecule has 0 atom stereocenters. The SMILES string of the molecule is C=C/C(=C\c1c(C)c(C)c(-c2ccc(-c3ccc(-c4ccccc4)cc3)cc2C=C)n1-c1ccccc1)c1ccc2cc(C/C=C\C=C/N)ccc2c1. The van der Waals surface area contributed by atoms with Gasteiger partial charge >= 0.3 is 0 Å². The standard InChI is InChI=1S/C51H44N2/c1-5-39(45-28-27-44-32-38(16-10-9-15-31-52)21-22-47(44)34-45)35-50-36(3)37(4)51(53(50)48-19-13-8-14-20-48)49-30-29-46(33-40(49)6-2)43-25-23-42(24-26-43)41-17-11-7-12-18-41/h5-15,17-35H,1-2,16,52H2,3-4H3/b10-9-,31-15-,39-35+. The first-order valence-corrected chi connectivity index (χ1v) is 18.1. The zero-order valence-electron chi connectivity index (χ0n) is 30.5. The lowest BCUT2D eigenvalue weighted by molar-refractivity contribution is 1.06. The number of nitrogens with two attached hydrogens (primary N) is 1. The summed E-state index contributed by atoms with van der Waals surface area (Å²) in [6.07, 6.45) is 14.6. The van der Waals surface area contributed by atoms with Crippen molar-refractivity contribution in [2.75, 3.05) is 0 Å². The summed E-state index contributed by atoms with van der Waals surface area (Å²) in [5.74, 6) is 0. The van der Waals surface area contributed by atoms with Crippen LogP contribution in [0.3, 0.4) is 0 Å². The zero-order valence-corrected chi connectivity index (χ0v) is 30.5. The first-order chi connectivity index (χ1) is 26.0. The first kappa shape index (κ1) is 34.8. The average molecular weight is 685 g/mol. The van der Waals surface area contributed by atoms with Gasteiger partial charge in [0.2, 0.25) is 0 Å². The van der Waals surface area contributed by atoms with Crippen LogP contribution < -0.4 is 5.73 Å². The third-order valence-electron chi connectivity index (χ3n) is 10.1. The molecule has 7 rings (SSSR count). The lowest BCUT2D eigenvalue weighted by Gasteiger charge is -2.17. The molecule has 0 bridgehead atoms. The average Bonchev–Trinajstić information content (AvgIpc) is 3.46. The van der Waals surface area contributed by atoms with Gasteiger partial charge in [-0.25, -0.2) is 0 Å². The Bertz CT molecular complexity index is 2510. The highest BCUT2D eigenvalue weighted by Gasteiger charge is 2.21. The third kappa shape index (κ3) is 7.26. The Morgan fingerprint density at radius 2 is 1.28 bits per heavy atom. The predicted molar refractivity (Wildman–Crippen MR) is 230 cm³/mol. The molecule has 0 aliphatic heterocycles. The van der Waals surface area contributed by atoms with Crippen molar-refractivity contribution in [1.29, 1.82) is 0 Å². The van der Waals surface area contributed by atoms with Crippen LogP contribution in [0.5, 0.6) is 0 Å². The van der Waals surface area contributed by atoms with E-state index in [0.29, 0.717) is 0 Å². The Morgan fingerprint density at radius 1 is 0.642 bits per heavy atom. The van der Waals surface area contributed by atoms with Crippen LogP contribution in [-0.2, 0) is 6.42 Å². The summed E-state index contributed by atoms with van der Waals surface area (Å²) >= 11 is 0. The van der Waals surface area contributed by atoms with E-state index in [1.54, 1.807) is 6.20 Å². The van der Waals surface area contributed by atoms with Gasteiger partial charge in [0.25, 0.3) is 0 Å². The molecule has 1 heterocycles. The minimum absolute atomic E-state index is 0.857. The van der Waals surface area contributed by atoms with E-state index >= 15 is 0 Å². The van der Waals surface area contributed by atoms with Gasteiger partial charge in [0.15, 0.2) is 0 Å². The van der Waals surface area contributed by atoms with Gasteiger partial charge in [-0.2, -0.15) is 0 Å². The highest BCUT2D eigenvalue weighted by molar-refractivity contribution is 5.94. The van der Waals surface area contributed by atoms with Crippen LogP contribution in [0.4, 0.5) is 0 Å². The molecule has 0 saturated carbocycles. The summed E-state index contributed by atoms with van der Waals surface area (Å²) in [4.78, 5) is 0. The summed E-state index contributed by atoms with van der Waals surface area (Å²) in [5, 5.41) is 2.41. The molecule has 2 heteroatoms. The molecule has 0 aliphatic carbocycles. The number of benzene rings is 6. The molecule has 0 fully saturated rings. The number of para-hydroxylation sites is 1. The lowest BCUT2D eigenvalue weighted by Crippen LogP contribution is -2.01. The summed E-state index contributed by atoms with van der Waals surface area (Å²) < 4.78 is 2.39. The van der Waals surface area contributed by atoms with E-state index in [-0.39, 0.29) is 0 Å². The molecule has 1 aromatic heterocycles. The second-order valence-electron chi connectivity index (χ2n) is 13.3. The van der Waals surface area contributed by atoms with Gasteiger partial charge in [0, 0.05) is 11.3 Å². The van der Waals surface area contributed by atoms with Gasteiger partial charge in [-0.1, -0.05) is 153 Å². The number of aromatic nitrogens is 1. The van der Waals surface area contributed by atoms with Crippen LogP contribution in [0.1, 0.15) is 33.5 Å². The topological polar surface area (TPSA) is 30.9 Å². The van der Waals surface area contributed by atoms with E-state index in [4.69, 9.17) is 5.73 Å². The molecular formula is C51H44N2. The number of allylic oxidation sites excluding steroid dienone is 5. The normalized spacial score (nSPS) is 11.8. The Hall–Kier alpha value is -6.64. The molecule has 0 spiro atoms. The van der Waals surface area contributed by atoms with Crippen LogP contribution in [0.25, 0.3) is 67.7 Å². The largest absolute Gasteiger partial charge is 0.405 e. The molecule has 258 valence electrons. The zero-order chi connectivity index (χ0) is 36.7. The molecule has 0 aliphatic rings. The maximum Gasteiger partial charge on any atom is 0.0572 e. The van der Waals surface area contributed by atoms with Crippen LogP contribution in [0.2, 0.25) is 0 Å². The predicted octanol–water partition coefficient (Wildman–Crippen LogP) is 13.2. The van der Waals surface area contributed by atoms with Crippen LogP contribution >= 0.6 is 0 Å². The van der Waals surface area contributed by atoms with Crippen molar-refractivity contribution in [1.82, 2.24) is 4.57 Å². The van der Waals surface area contributed by atoms with Crippen molar-refractivity contribution in [2.24, 2.45) is 5.73 Å². The maximum atomic E-state index is 5.47. The number of fused-ring (bicyclic) bond motifs is 1. The Labute approximate surface area is 313 Å². The molecule has 0 radical (unpaired) electrons. The van der Waals surface area contributed by atoms with Gasteiger partial charge in [-0.15, -0.1) is 0 Å². The van der Waals surface area contributed by atoms with Gasteiger partial charge in [-0.05, 0) is 129 Å². The van der Waals surface area contributed by atoms with E-state index in [1.807, 2.05) is 24.3 Å². The van der Waals surface area contributed by atoms with E-state index in [9.17, 15) is 0 Å². The molecule has 6 aromatic carbocycles. The summed E-state index contributed by atoms with van der Waals surface area (Å²) in [6.45, 7) is 13.0. The maximum absolute atomic E-state index is 5.47. The van der Waals surface area contributed by atoms with E-state index in [1.165, 1.54) is 44.2 Å². The van der Waals surface area contributed by atoms with Crippen molar-refractivity contribution in [3.63, 3.8) is 0 Å². The second-order valence-corrected chi connectivity index (χ2v) is 13.3. The lowest BCUT2D eigenvalue weighted by atomic mass is 9.94. The Kier molecular flexibility index (Phi) is 10.3. The van der Waals surface area contributed by atoms with E-state index in [2.05, 4.69) is 183 Å². The number of hydrogen-bond acceptors (Lipinski definition) is 1. The van der Waals surface area contributed by atoms with E-state index in [0.717, 1.165) is 51.3 Å². The highest BCUT2D eigenvalue weighted by Crippen LogP contribution is 2.39. The van der Waals surface area contributed by atoms with Crippen molar-refractivity contribution < 1.29 is 0 Å².